The molecule has 2 N–H and O–H groups in total. The van der Waals surface area contributed by atoms with Gasteiger partial charge in [0.25, 0.3) is 0 Å². The molecule has 1 unspecified atom stereocenters. The van der Waals surface area contributed by atoms with Gasteiger partial charge in [0.2, 0.25) is 5.91 Å². The second-order valence-corrected chi connectivity index (χ2v) is 6.57. The van der Waals surface area contributed by atoms with Gasteiger partial charge in [-0.1, -0.05) is 55.8 Å². The maximum Gasteiger partial charge on any atom is 0.314 e. The Labute approximate surface area is 150 Å². The van der Waals surface area contributed by atoms with E-state index in [-0.39, 0.29) is 11.8 Å². The lowest BCUT2D eigenvalue weighted by atomic mass is 9.96. The zero-order valence-electron chi connectivity index (χ0n) is 15.1. The molecule has 1 aromatic carbocycles. The van der Waals surface area contributed by atoms with E-state index in [1.54, 1.807) is 4.90 Å². The lowest BCUT2D eigenvalue weighted by Crippen LogP contribution is -2.48. The highest BCUT2D eigenvalue weighted by molar-refractivity contribution is 5.81. The van der Waals surface area contributed by atoms with Gasteiger partial charge in [0.05, 0.1) is 5.92 Å². The van der Waals surface area contributed by atoms with Crippen LogP contribution in [0.2, 0.25) is 0 Å². The van der Waals surface area contributed by atoms with Crippen LogP contribution >= 0.6 is 0 Å². The lowest BCUT2D eigenvalue weighted by molar-refractivity contribution is -0.136. The van der Waals surface area contributed by atoms with Crippen LogP contribution < -0.4 is 5.73 Å². The Bertz CT molecular complexity index is 586. The molecule has 1 saturated heterocycles. The maximum absolute atomic E-state index is 12.9. The number of nitrogens with two attached hydrogens (primary N) is 1. The molecule has 5 nitrogen and oxygen atoms in total. The van der Waals surface area contributed by atoms with Gasteiger partial charge in [0.15, 0.2) is 0 Å². The summed E-state index contributed by atoms with van der Waals surface area (Å²) in [6.07, 6.45) is 7.77. The van der Waals surface area contributed by atoms with Crippen LogP contribution in [-0.2, 0) is 4.79 Å². The number of hydrogen-bond donors (Lipinski definition) is 1. The van der Waals surface area contributed by atoms with Gasteiger partial charge in [-0.25, -0.2) is 4.79 Å². The van der Waals surface area contributed by atoms with Crippen molar-refractivity contribution in [2.45, 2.75) is 32.6 Å². The van der Waals surface area contributed by atoms with Crippen molar-refractivity contribution < 1.29 is 9.59 Å². The van der Waals surface area contributed by atoms with Gasteiger partial charge in [0.1, 0.15) is 0 Å². The van der Waals surface area contributed by atoms with Crippen LogP contribution in [0.5, 0.6) is 0 Å². The molecule has 1 aliphatic heterocycles. The molecule has 0 spiro atoms. The molecular formula is C20H29N3O2. The Morgan fingerprint density at radius 1 is 1.32 bits per heavy atom. The molecule has 1 aliphatic rings. The number of primary amides is 1. The minimum atomic E-state index is -0.429. The van der Waals surface area contributed by atoms with Crippen molar-refractivity contribution in [1.82, 2.24) is 9.80 Å². The van der Waals surface area contributed by atoms with E-state index in [2.05, 4.69) is 6.92 Å². The van der Waals surface area contributed by atoms with E-state index in [0.717, 1.165) is 37.8 Å². The third-order valence-electron chi connectivity index (χ3n) is 4.61. The van der Waals surface area contributed by atoms with Crippen molar-refractivity contribution in [3.63, 3.8) is 0 Å². The zero-order chi connectivity index (χ0) is 18.1. The van der Waals surface area contributed by atoms with Crippen molar-refractivity contribution in [2.24, 2.45) is 11.7 Å². The molecule has 136 valence electrons. The Morgan fingerprint density at radius 2 is 2.08 bits per heavy atom. The number of carbonyl (C=O) groups is 2. The second-order valence-electron chi connectivity index (χ2n) is 6.57. The van der Waals surface area contributed by atoms with E-state index in [1.165, 1.54) is 0 Å². The molecule has 3 amide bonds. The van der Waals surface area contributed by atoms with Crippen molar-refractivity contribution >= 4 is 18.0 Å². The van der Waals surface area contributed by atoms with E-state index in [1.807, 2.05) is 47.4 Å². The lowest BCUT2D eigenvalue weighted by Gasteiger charge is -2.34. The summed E-state index contributed by atoms with van der Waals surface area (Å²) in [5, 5.41) is 0. The van der Waals surface area contributed by atoms with Crippen LogP contribution in [0.3, 0.4) is 0 Å². The number of hydrogen-bond acceptors (Lipinski definition) is 2. The number of benzene rings is 1. The predicted molar refractivity (Wildman–Crippen MR) is 101 cm³/mol. The fourth-order valence-corrected chi connectivity index (χ4v) is 3.16. The highest BCUT2D eigenvalue weighted by atomic mass is 16.2. The van der Waals surface area contributed by atoms with Gasteiger partial charge in [-0.15, -0.1) is 0 Å². The third kappa shape index (κ3) is 5.93. The first-order chi connectivity index (χ1) is 12.1. The SMILES string of the molecule is CCCCN(C/C=C/c1ccccc1)C(=O)C1CCCN(C(N)=O)C1. The monoisotopic (exact) mass is 343 g/mol. The first-order valence-corrected chi connectivity index (χ1v) is 9.16. The highest BCUT2D eigenvalue weighted by Gasteiger charge is 2.30. The first kappa shape index (κ1) is 19.0. The normalized spacial score (nSPS) is 17.6. The number of likely N-dealkylation sites (tertiary alicyclic amines) is 1. The molecular weight excluding hydrogens is 314 g/mol. The molecule has 1 aromatic rings. The number of nitrogens with zero attached hydrogens (tertiary/aromatic N) is 2. The summed E-state index contributed by atoms with van der Waals surface area (Å²) in [7, 11) is 0. The van der Waals surface area contributed by atoms with Crippen LogP contribution in [0.1, 0.15) is 38.2 Å². The van der Waals surface area contributed by atoms with Crippen molar-refractivity contribution in [3.8, 4) is 0 Å². The number of amides is 3. The summed E-state index contributed by atoms with van der Waals surface area (Å²) >= 11 is 0. The average molecular weight is 343 g/mol. The Hall–Kier alpha value is -2.30. The standard InChI is InChI=1S/C20H29N3O2/c1-2-3-13-22(14-7-11-17-9-5-4-6-10-17)19(24)18-12-8-15-23(16-18)20(21)25/h4-7,9-11,18H,2-3,8,12-16H2,1H3,(H2,21,25)/b11-7+. The first-order valence-electron chi connectivity index (χ1n) is 9.16. The number of rotatable bonds is 7. The van der Waals surface area contributed by atoms with Crippen LogP contribution in [0.15, 0.2) is 36.4 Å². The van der Waals surface area contributed by atoms with Crippen LogP contribution in [0.4, 0.5) is 4.79 Å². The molecule has 0 saturated carbocycles. The summed E-state index contributed by atoms with van der Waals surface area (Å²) in [6, 6.07) is 9.64. The molecule has 5 heteroatoms. The molecule has 25 heavy (non-hydrogen) atoms. The van der Waals surface area contributed by atoms with Gasteiger partial charge in [-0.3, -0.25) is 4.79 Å². The Balaban J connectivity index is 1.98. The fourth-order valence-electron chi connectivity index (χ4n) is 3.16. The maximum atomic E-state index is 12.9. The Kier molecular flexibility index (Phi) is 7.51. The van der Waals surface area contributed by atoms with E-state index in [0.29, 0.717) is 19.6 Å². The van der Waals surface area contributed by atoms with Crippen LogP contribution in [0, 0.1) is 5.92 Å². The molecule has 1 fully saturated rings. The summed E-state index contributed by atoms with van der Waals surface area (Å²) < 4.78 is 0. The van der Waals surface area contributed by atoms with E-state index in [9.17, 15) is 9.59 Å². The Morgan fingerprint density at radius 3 is 2.76 bits per heavy atom. The summed E-state index contributed by atoms with van der Waals surface area (Å²) in [4.78, 5) is 27.8. The summed E-state index contributed by atoms with van der Waals surface area (Å²) in [6.45, 7) is 4.57. The van der Waals surface area contributed by atoms with Crippen molar-refractivity contribution in [3.05, 3.63) is 42.0 Å². The van der Waals surface area contributed by atoms with Crippen LogP contribution in [0.25, 0.3) is 6.08 Å². The fraction of sp³-hybridized carbons (Fsp3) is 0.500. The molecule has 1 heterocycles. The second kappa shape index (κ2) is 9.87. The number of urea groups is 1. The van der Waals surface area contributed by atoms with E-state index >= 15 is 0 Å². The highest BCUT2D eigenvalue weighted by Crippen LogP contribution is 2.19. The summed E-state index contributed by atoms with van der Waals surface area (Å²) in [5.41, 5.74) is 6.51. The molecule has 1 atom stereocenters. The van der Waals surface area contributed by atoms with Gasteiger partial charge in [-0.05, 0) is 24.8 Å². The van der Waals surface area contributed by atoms with E-state index < -0.39 is 6.03 Å². The van der Waals surface area contributed by atoms with Gasteiger partial charge >= 0.3 is 6.03 Å². The topological polar surface area (TPSA) is 66.6 Å². The number of carbonyl (C=O) groups excluding carboxylic acids is 2. The van der Waals surface area contributed by atoms with Crippen molar-refractivity contribution in [2.75, 3.05) is 26.2 Å². The molecule has 2 rings (SSSR count). The zero-order valence-corrected chi connectivity index (χ0v) is 15.1. The number of piperidine rings is 1. The van der Waals surface area contributed by atoms with Crippen LogP contribution in [-0.4, -0.2) is 47.9 Å². The van der Waals surface area contributed by atoms with Crippen molar-refractivity contribution in [1.29, 1.82) is 0 Å². The molecule has 0 radical (unpaired) electrons. The average Bonchev–Trinajstić information content (AvgIpc) is 2.65. The van der Waals surface area contributed by atoms with Gasteiger partial charge < -0.3 is 15.5 Å². The number of unbranched alkanes of at least 4 members (excludes halogenated alkanes) is 1. The summed E-state index contributed by atoms with van der Waals surface area (Å²) in [5.74, 6) is 0.000318. The molecule has 0 bridgehead atoms. The minimum Gasteiger partial charge on any atom is -0.351 e. The largest absolute Gasteiger partial charge is 0.351 e. The quantitative estimate of drug-likeness (QED) is 0.826. The predicted octanol–water partition coefficient (Wildman–Crippen LogP) is 3.12. The van der Waals surface area contributed by atoms with E-state index in [4.69, 9.17) is 5.73 Å². The minimum absolute atomic E-state index is 0.136. The molecule has 0 aliphatic carbocycles. The van der Waals surface area contributed by atoms with Gasteiger partial charge in [0, 0.05) is 26.2 Å². The smallest absolute Gasteiger partial charge is 0.314 e. The third-order valence-corrected chi connectivity index (χ3v) is 4.61. The van der Waals surface area contributed by atoms with Gasteiger partial charge in [-0.2, -0.15) is 0 Å². The molecule has 0 aromatic heterocycles.